The number of aryl methyl sites for hydroxylation is 1. The van der Waals surface area contributed by atoms with Crippen molar-refractivity contribution in [2.24, 2.45) is 9.78 Å². The third-order valence-electron chi connectivity index (χ3n) is 13.0. The van der Waals surface area contributed by atoms with Crippen molar-refractivity contribution in [2.75, 3.05) is 68.8 Å². The van der Waals surface area contributed by atoms with E-state index in [9.17, 15) is 28.1 Å². The Morgan fingerprint density at radius 3 is 2.46 bits per heavy atom. The zero-order valence-corrected chi connectivity index (χ0v) is 40.5. The lowest BCUT2D eigenvalue weighted by Crippen LogP contribution is -2.47. The van der Waals surface area contributed by atoms with Crippen molar-refractivity contribution in [2.45, 2.75) is 57.8 Å². The van der Waals surface area contributed by atoms with E-state index in [1.807, 2.05) is 18.2 Å². The second-order valence-electron chi connectivity index (χ2n) is 18.5. The molecule has 18 heteroatoms. The quantitative estimate of drug-likeness (QED) is 0.0619. The minimum absolute atomic E-state index is 0.0430. The molecule has 15 nitrogen and oxygen atoms in total. The van der Waals surface area contributed by atoms with Crippen LogP contribution < -0.4 is 14.4 Å². The van der Waals surface area contributed by atoms with Gasteiger partial charge in [-0.3, -0.25) is 24.6 Å². The van der Waals surface area contributed by atoms with Crippen LogP contribution in [0, 0.1) is 15.5 Å². The Morgan fingerprint density at radius 1 is 1.00 bits per heavy atom. The first kappa shape index (κ1) is 47.9. The molecule has 2 amide bonds. The number of anilines is 1. The molecule has 3 aliphatic rings. The van der Waals surface area contributed by atoms with Crippen LogP contribution in [0.15, 0.2) is 100 Å². The van der Waals surface area contributed by atoms with Crippen molar-refractivity contribution >= 4 is 76.7 Å². The Balaban J connectivity index is 0.966. The van der Waals surface area contributed by atoms with E-state index in [0.29, 0.717) is 47.9 Å². The predicted octanol–water partition coefficient (Wildman–Crippen LogP) is 8.39. The first-order chi connectivity index (χ1) is 31.9. The fourth-order valence-corrected chi connectivity index (χ4v) is 12.4. The zero-order chi connectivity index (χ0) is 47.5. The van der Waals surface area contributed by atoms with Crippen LogP contribution in [0.4, 0.5) is 11.4 Å². The summed E-state index contributed by atoms with van der Waals surface area (Å²) in [6, 6.07) is 20.6. The molecule has 3 aromatic carbocycles. The zero-order valence-electron chi connectivity index (χ0n) is 38.1. The summed E-state index contributed by atoms with van der Waals surface area (Å²) < 4.78 is 40.3. The third kappa shape index (κ3) is 11.8. The highest BCUT2D eigenvalue weighted by molar-refractivity contribution is 8.02. The van der Waals surface area contributed by atoms with Gasteiger partial charge in [-0.15, -0.1) is 9.41 Å². The number of piperazine rings is 1. The van der Waals surface area contributed by atoms with Crippen LogP contribution in [0.5, 0.6) is 11.5 Å². The van der Waals surface area contributed by atoms with Gasteiger partial charge in [0.05, 0.1) is 21.6 Å². The maximum Gasteiger partial charge on any atom is 0.273 e. The number of amides is 2. The SMILES string of the molecule is C=S1(=NC(C)=O)CCN(CCCc2ccc(S(=O)(=O)NC(=O)c3ccc(N4CCN(CC5=C(c6ccc(Cl)cc6)CC(C)(C)CC5)CC4)cc3Oc3cnc4[nH]ccc4c3)cc2[N+](=O)[O-])CC1. The minimum atomic E-state index is -4.57. The Morgan fingerprint density at radius 2 is 1.75 bits per heavy atom. The summed E-state index contributed by atoms with van der Waals surface area (Å²) in [5, 5.41) is 13.8. The highest BCUT2D eigenvalue weighted by Gasteiger charge is 2.31. The highest BCUT2D eigenvalue weighted by Crippen LogP contribution is 2.43. The predicted molar refractivity (Wildman–Crippen MR) is 267 cm³/mol. The number of nitrogens with zero attached hydrogens (tertiary/aromatic N) is 6. The van der Waals surface area contributed by atoms with Crippen LogP contribution in [0.3, 0.4) is 0 Å². The summed E-state index contributed by atoms with van der Waals surface area (Å²) >= 11 is 6.25. The van der Waals surface area contributed by atoms with E-state index >= 15 is 0 Å². The average molecular weight is 970 g/mol. The van der Waals surface area contributed by atoms with Gasteiger partial charge < -0.3 is 19.5 Å². The smallest absolute Gasteiger partial charge is 0.273 e. The van der Waals surface area contributed by atoms with Crippen LogP contribution in [0.1, 0.15) is 67.9 Å². The van der Waals surface area contributed by atoms with Gasteiger partial charge in [-0.25, -0.2) is 18.1 Å². The van der Waals surface area contributed by atoms with Gasteiger partial charge in [-0.2, -0.15) is 4.36 Å². The number of pyridine rings is 1. The van der Waals surface area contributed by atoms with Crippen LogP contribution in [-0.4, -0.2) is 115 Å². The van der Waals surface area contributed by atoms with E-state index < -0.39 is 35.2 Å². The van der Waals surface area contributed by atoms with Crippen molar-refractivity contribution in [3.63, 3.8) is 0 Å². The Labute approximate surface area is 397 Å². The number of aromatic amines is 1. The van der Waals surface area contributed by atoms with Crippen molar-refractivity contribution in [3.05, 3.63) is 123 Å². The van der Waals surface area contributed by atoms with Gasteiger partial charge in [0.15, 0.2) is 0 Å². The molecule has 2 saturated heterocycles. The number of rotatable bonds is 14. The largest absolute Gasteiger partial charge is 0.455 e. The molecule has 0 unspecified atom stereocenters. The van der Waals surface area contributed by atoms with Crippen LogP contribution >= 0.6 is 11.6 Å². The number of allylic oxidation sites excluding steroid dienone is 1. The maximum absolute atomic E-state index is 14.0. The van der Waals surface area contributed by atoms with Crippen LogP contribution in [0.2, 0.25) is 5.02 Å². The second kappa shape index (κ2) is 19.9. The van der Waals surface area contributed by atoms with Gasteiger partial charge in [0.1, 0.15) is 17.1 Å². The van der Waals surface area contributed by atoms with E-state index in [4.69, 9.17) is 16.3 Å². The number of hydrogen-bond acceptors (Lipinski definition) is 11. The number of aromatic nitrogens is 2. The fraction of sp³-hybridized carbons (Fsp3) is 0.388. The van der Waals surface area contributed by atoms with Gasteiger partial charge >= 0.3 is 0 Å². The molecule has 2 N–H and O–H groups in total. The molecule has 0 radical (unpaired) electrons. The number of benzene rings is 3. The Hall–Kier alpha value is -5.59. The molecule has 5 aromatic rings. The number of nitro groups is 1. The summed E-state index contributed by atoms with van der Waals surface area (Å²) in [5.41, 5.74) is 5.76. The topological polar surface area (TPSA) is 183 Å². The molecule has 4 heterocycles. The third-order valence-corrected chi connectivity index (χ3v) is 17.1. The van der Waals surface area contributed by atoms with Crippen molar-refractivity contribution in [1.29, 1.82) is 0 Å². The lowest BCUT2D eigenvalue weighted by molar-refractivity contribution is -0.385. The number of ether oxygens (including phenoxy) is 1. The summed E-state index contributed by atoms with van der Waals surface area (Å²) in [7, 11) is -6.14. The summed E-state index contributed by atoms with van der Waals surface area (Å²) in [4.78, 5) is 51.2. The number of carbonyl (C=O) groups excluding carboxylic acids is 2. The molecule has 0 atom stereocenters. The van der Waals surface area contributed by atoms with Crippen molar-refractivity contribution in [3.8, 4) is 11.5 Å². The van der Waals surface area contributed by atoms with Gasteiger partial charge in [-0.05, 0) is 97.7 Å². The molecule has 354 valence electrons. The molecule has 8 rings (SSSR count). The lowest BCUT2D eigenvalue weighted by atomic mass is 9.72. The van der Waals surface area contributed by atoms with Gasteiger partial charge in [0.2, 0.25) is 5.91 Å². The number of sulfonamides is 1. The molecule has 2 fully saturated rings. The van der Waals surface area contributed by atoms with Crippen LogP contribution in [0.25, 0.3) is 16.6 Å². The summed E-state index contributed by atoms with van der Waals surface area (Å²) in [6.45, 7) is 12.2. The lowest BCUT2D eigenvalue weighted by Gasteiger charge is -2.39. The van der Waals surface area contributed by atoms with Gasteiger partial charge in [-0.1, -0.05) is 55.1 Å². The Kier molecular flexibility index (Phi) is 14.3. The molecule has 2 aliphatic heterocycles. The fourth-order valence-electron chi connectivity index (χ4n) is 9.20. The van der Waals surface area contributed by atoms with Crippen molar-refractivity contribution < 1.29 is 27.7 Å². The normalized spacial score (nSPS) is 17.9. The molecule has 0 bridgehead atoms. The summed E-state index contributed by atoms with van der Waals surface area (Å²) in [5.74, 6) is 4.94. The number of nitrogens with one attached hydrogen (secondary N) is 2. The Bertz CT molecular complexity index is 2960. The number of carbonyl (C=O) groups is 2. The number of fused-ring (bicyclic) bond motifs is 1. The van der Waals surface area contributed by atoms with E-state index in [1.54, 1.807) is 30.5 Å². The number of H-pyrrole nitrogens is 1. The molecule has 0 saturated carbocycles. The average Bonchev–Trinajstić information content (AvgIpc) is 3.76. The number of nitro benzene ring substituents is 1. The van der Waals surface area contributed by atoms with Crippen molar-refractivity contribution in [1.82, 2.24) is 24.5 Å². The number of halogens is 1. The monoisotopic (exact) mass is 968 g/mol. The minimum Gasteiger partial charge on any atom is -0.455 e. The first-order valence-corrected chi connectivity index (χ1v) is 26.5. The van der Waals surface area contributed by atoms with E-state index in [0.717, 1.165) is 87.2 Å². The molecular formula is C49H57ClN8O7S2. The maximum atomic E-state index is 14.0. The van der Waals surface area contributed by atoms with Crippen LogP contribution in [-0.2, 0) is 30.7 Å². The first-order valence-electron chi connectivity index (χ1n) is 22.5. The number of hydrogen-bond donors (Lipinski definition) is 2. The summed E-state index contributed by atoms with van der Waals surface area (Å²) in [6.07, 6.45) is 7.39. The van der Waals surface area contributed by atoms with Gasteiger partial charge in [0.25, 0.3) is 21.6 Å². The molecule has 1 aliphatic carbocycles. The van der Waals surface area contributed by atoms with E-state index in [-0.39, 0.29) is 28.3 Å². The van der Waals surface area contributed by atoms with E-state index in [2.05, 4.69) is 65.6 Å². The second-order valence-corrected chi connectivity index (χ2v) is 23.6. The molecule has 67 heavy (non-hydrogen) atoms. The molecule has 0 spiro atoms. The highest BCUT2D eigenvalue weighted by atomic mass is 35.5. The molecule has 2 aromatic heterocycles. The van der Waals surface area contributed by atoms with Gasteiger partial charge in [0, 0.05) is 104 Å². The standard InChI is InChI=1S/C49H57ClN8O7S2/c1-34(59)53-66(4)26-24-55(25-27-66)19-5-6-36-9-13-42(30-45(36)58(61)62)67(63,64)54-48(60)43-14-12-40(29-46(43)65-41-28-37-16-18-51-47(37)52-32-41)57-22-20-56(21-23-57)33-38-15-17-49(2,3)31-44(38)35-7-10-39(50)11-8-35/h7-14,16,18,28-30,32H,4-6,15,17,19-27,31,33H2,1-3H3,(H,51,52)(H,54,60). The molecular weight excluding hydrogens is 912 g/mol. The van der Waals surface area contributed by atoms with E-state index in [1.165, 1.54) is 42.0 Å².